The predicted octanol–water partition coefficient (Wildman–Crippen LogP) is 1.61. The SMILES string of the molecule is CC(C)NCCCCl. The predicted molar refractivity (Wildman–Crippen MR) is 38.5 cm³/mol. The normalized spacial score (nSPS) is 10.5. The standard InChI is InChI=1S/C6H14ClN/c1-6(2)8-5-3-4-7/h6,8H,3-5H2,1-2H3. The molecule has 0 aliphatic heterocycles. The van der Waals surface area contributed by atoms with Gasteiger partial charge < -0.3 is 5.32 Å². The van der Waals surface area contributed by atoms with Gasteiger partial charge in [0.25, 0.3) is 0 Å². The van der Waals surface area contributed by atoms with Crippen molar-refractivity contribution in [3.05, 3.63) is 0 Å². The van der Waals surface area contributed by atoms with Gasteiger partial charge in [-0.05, 0) is 13.0 Å². The van der Waals surface area contributed by atoms with Crippen LogP contribution in [0.4, 0.5) is 0 Å². The van der Waals surface area contributed by atoms with E-state index in [2.05, 4.69) is 19.2 Å². The smallest absolute Gasteiger partial charge is 0.0235 e. The van der Waals surface area contributed by atoms with Crippen LogP contribution in [0.5, 0.6) is 0 Å². The molecule has 0 rings (SSSR count). The van der Waals surface area contributed by atoms with Crippen molar-refractivity contribution in [2.75, 3.05) is 12.4 Å². The Morgan fingerprint density at radius 2 is 2.12 bits per heavy atom. The Hall–Kier alpha value is 0.250. The van der Waals surface area contributed by atoms with Crippen molar-refractivity contribution in [3.63, 3.8) is 0 Å². The molecule has 0 heterocycles. The molecule has 0 saturated carbocycles. The van der Waals surface area contributed by atoms with E-state index in [1.165, 1.54) is 0 Å². The van der Waals surface area contributed by atoms with Crippen LogP contribution >= 0.6 is 11.6 Å². The number of nitrogens with one attached hydrogen (secondary N) is 1. The van der Waals surface area contributed by atoms with Gasteiger partial charge in [-0.1, -0.05) is 13.8 Å². The molecule has 0 aliphatic rings. The van der Waals surface area contributed by atoms with E-state index in [0.717, 1.165) is 18.8 Å². The van der Waals surface area contributed by atoms with E-state index in [1.54, 1.807) is 0 Å². The Balaban J connectivity index is 2.72. The molecule has 0 spiro atoms. The lowest BCUT2D eigenvalue weighted by Gasteiger charge is -2.04. The largest absolute Gasteiger partial charge is 0.314 e. The molecule has 8 heavy (non-hydrogen) atoms. The topological polar surface area (TPSA) is 12.0 Å². The maximum absolute atomic E-state index is 5.44. The van der Waals surface area contributed by atoms with Crippen LogP contribution < -0.4 is 5.32 Å². The average molecular weight is 136 g/mol. The third kappa shape index (κ3) is 6.25. The molecule has 0 fully saturated rings. The molecule has 2 heteroatoms. The zero-order chi connectivity index (χ0) is 6.41. The van der Waals surface area contributed by atoms with Crippen LogP contribution in [0.1, 0.15) is 20.3 Å². The van der Waals surface area contributed by atoms with E-state index in [4.69, 9.17) is 11.6 Å². The second-order valence-corrected chi connectivity index (χ2v) is 2.53. The summed E-state index contributed by atoms with van der Waals surface area (Å²) in [6.45, 7) is 5.31. The molecule has 0 aromatic heterocycles. The molecule has 1 N–H and O–H groups in total. The molecule has 50 valence electrons. The van der Waals surface area contributed by atoms with Gasteiger partial charge in [0.15, 0.2) is 0 Å². The van der Waals surface area contributed by atoms with Gasteiger partial charge in [-0.2, -0.15) is 0 Å². The summed E-state index contributed by atoms with van der Waals surface area (Å²) in [6, 6.07) is 0.596. The fraction of sp³-hybridized carbons (Fsp3) is 1.00. The molecule has 0 aromatic carbocycles. The molecule has 0 saturated heterocycles. The van der Waals surface area contributed by atoms with E-state index in [0.29, 0.717) is 6.04 Å². The maximum atomic E-state index is 5.44. The van der Waals surface area contributed by atoms with E-state index < -0.39 is 0 Å². The van der Waals surface area contributed by atoms with Crippen molar-refractivity contribution in [1.82, 2.24) is 5.32 Å². The Kier molecular flexibility index (Phi) is 5.56. The molecule has 0 unspecified atom stereocenters. The van der Waals surface area contributed by atoms with Crippen LogP contribution in [0.15, 0.2) is 0 Å². The molecular formula is C6H14ClN. The van der Waals surface area contributed by atoms with Crippen molar-refractivity contribution in [3.8, 4) is 0 Å². The van der Waals surface area contributed by atoms with Crippen LogP contribution in [0, 0.1) is 0 Å². The number of alkyl halides is 1. The minimum atomic E-state index is 0.596. The van der Waals surface area contributed by atoms with Gasteiger partial charge >= 0.3 is 0 Å². The summed E-state index contributed by atoms with van der Waals surface area (Å²) in [5, 5.41) is 3.26. The van der Waals surface area contributed by atoms with Crippen molar-refractivity contribution >= 4 is 11.6 Å². The number of hydrogen-bond donors (Lipinski definition) is 1. The van der Waals surface area contributed by atoms with Crippen molar-refractivity contribution in [1.29, 1.82) is 0 Å². The van der Waals surface area contributed by atoms with Gasteiger partial charge in [0.1, 0.15) is 0 Å². The monoisotopic (exact) mass is 135 g/mol. The highest BCUT2D eigenvalue weighted by Gasteiger charge is 1.88. The van der Waals surface area contributed by atoms with Crippen molar-refractivity contribution in [2.24, 2.45) is 0 Å². The highest BCUT2D eigenvalue weighted by atomic mass is 35.5. The second kappa shape index (κ2) is 5.39. The van der Waals surface area contributed by atoms with Gasteiger partial charge in [-0.25, -0.2) is 0 Å². The third-order valence-corrected chi connectivity index (χ3v) is 1.13. The van der Waals surface area contributed by atoms with Gasteiger partial charge in [-0.3, -0.25) is 0 Å². The van der Waals surface area contributed by atoms with Crippen LogP contribution in [0.25, 0.3) is 0 Å². The molecule has 0 aromatic rings. The number of hydrogen-bond acceptors (Lipinski definition) is 1. The first-order valence-corrected chi connectivity index (χ1v) is 3.60. The summed E-state index contributed by atoms with van der Waals surface area (Å²) in [4.78, 5) is 0. The molecule has 0 radical (unpaired) electrons. The highest BCUT2D eigenvalue weighted by molar-refractivity contribution is 6.17. The van der Waals surface area contributed by atoms with Crippen molar-refractivity contribution in [2.45, 2.75) is 26.3 Å². The van der Waals surface area contributed by atoms with Gasteiger partial charge in [-0.15, -0.1) is 11.6 Å². The fourth-order valence-corrected chi connectivity index (χ4v) is 0.591. The quantitative estimate of drug-likeness (QED) is 0.456. The third-order valence-electron chi connectivity index (χ3n) is 0.863. The minimum absolute atomic E-state index is 0.596. The molecule has 0 bridgehead atoms. The number of rotatable bonds is 4. The Labute approximate surface area is 56.4 Å². The lowest BCUT2D eigenvalue weighted by Crippen LogP contribution is -2.23. The summed E-state index contributed by atoms with van der Waals surface area (Å²) in [5.41, 5.74) is 0. The second-order valence-electron chi connectivity index (χ2n) is 2.15. The summed E-state index contributed by atoms with van der Waals surface area (Å²) in [5.74, 6) is 0.764. The Morgan fingerprint density at radius 1 is 1.50 bits per heavy atom. The van der Waals surface area contributed by atoms with Crippen LogP contribution in [-0.2, 0) is 0 Å². The summed E-state index contributed by atoms with van der Waals surface area (Å²) >= 11 is 5.44. The molecular weight excluding hydrogens is 122 g/mol. The molecule has 1 nitrogen and oxygen atoms in total. The minimum Gasteiger partial charge on any atom is -0.314 e. The molecule has 0 amide bonds. The van der Waals surface area contributed by atoms with Crippen LogP contribution in [-0.4, -0.2) is 18.5 Å². The van der Waals surface area contributed by atoms with E-state index in [9.17, 15) is 0 Å². The highest BCUT2D eigenvalue weighted by Crippen LogP contribution is 1.82. The Morgan fingerprint density at radius 3 is 2.50 bits per heavy atom. The first-order valence-electron chi connectivity index (χ1n) is 3.06. The summed E-state index contributed by atoms with van der Waals surface area (Å²) in [6.07, 6.45) is 1.07. The maximum Gasteiger partial charge on any atom is 0.0235 e. The summed E-state index contributed by atoms with van der Waals surface area (Å²) in [7, 11) is 0. The zero-order valence-corrected chi connectivity index (χ0v) is 6.33. The average Bonchev–Trinajstić information content (AvgIpc) is 1.66. The Bertz CT molecular complexity index is 45.8. The summed E-state index contributed by atoms with van der Waals surface area (Å²) < 4.78 is 0. The fourth-order valence-electron chi connectivity index (χ4n) is 0.458. The van der Waals surface area contributed by atoms with Crippen LogP contribution in [0.2, 0.25) is 0 Å². The lowest BCUT2D eigenvalue weighted by atomic mass is 10.4. The zero-order valence-electron chi connectivity index (χ0n) is 5.58. The molecule has 0 aliphatic carbocycles. The number of halogens is 1. The van der Waals surface area contributed by atoms with Gasteiger partial charge in [0.2, 0.25) is 0 Å². The van der Waals surface area contributed by atoms with E-state index >= 15 is 0 Å². The van der Waals surface area contributed by atoms with Crippen molar-refractivity contribution < 1.29 is 0 Å². The van der Waals surface area contributed by atoms with Gasteiger partial charge in [0, 0.05) is 11.9 Å². The van der Waals surface area contributed by atoms with E-state index in [-0.39, 0.29) is 0 Å². The lowest BCUT2D eigenvalue weighted by molar-refractivity contribution is 0.585. The van der Waals surface area contributed by atoms with Crippen LogP contribution in [0.3, 0.4) is 0 Å². The first kappa shape index (κ1) is 8.25. The van der Waals surface area contributed by atoms with Gasteiger partial charge in [0.05, 0.1) is 0 Å². The molecule has 0 atom stereocenters. The van der Waals surface area contributed by atoms with E-state index in [1.807, 2.05) is 0 Å². The first-order chi connectivity index (χ1) is 3.77.